The Bertz CT molecular complexity index is 1150. The standard InChI is InChI=1S/C15H12N3O2S3.3C4H9.Sn/c1-11(14-3-2-9-21-14)17-12-4-6-13(7-5-12)23(19,20)18-15-16-8-10-22-15;3*1-3-4-2;/h2-10H,1H3;3*1,3-4H2,2H3;/q-1;;;;+1. The molecule has 0 aliphatic carbocycles. The van der Waals surface area contributed by atoms with E-state index in [1.54, 1.807) is 29.7 Å². The van der Waals surface area contributed by atoms with Crippen LogP contribution >= 0.6 is 22.7 Å². The molecule has 0 radical (unpaired) electrons. The summed E-state index contributed by atoms with van der Waals surface area (Å²) >= 11 is -0.305. The summed E-state index contributed by atoms with van der Waals surface area (Å²) in [7, 11) is -3.73. The van der Waals surface area contributed by atoms with Crippen LogP contribution in [0.5, 0.6) is 0 Å². The molecule has 0 fully saturated rings. The van der Waals surface area contributed by atoms with E-state index in [-0.39, 0.29) is 0 Å². The van der Waals surface area contributed by atoms with E-state index >= 15 is 0 Å². The molecule has 2 aromatic heterocycles. The van der Waals surface area contributed by atoms with Crippen LogP contribution < -0.4 is 2.53 Å². The van der Waals surface area contributed by atoms with Gasteiger partial charge < -0.3 is 0 Å². The number of thiazole rings is 1. The molecule has 0 atom stereocenters. The van der Waals surface area contributed by atoms with Crippen molar-refractivity contribution in [1.82, 2.24) is 4.98 Å². The van der Waals surface area contributed by atoms with Gasteiger partial charge in [-0.15, -0.1) is 0 Å². The summed E-state index contributed by atoms with van der Waals surface area (Å²) in [5.41, 5.74) is 1.69. The second-order valence-corrected chi connectivity index (χ2v) is 26.4. The van der Waals surface area contributed by atoms with Gasteiger partial charge in [0.1, 0.15) is 0 Å². The van der Waals surface area contributed by atoms with Crippen LogP contribution in [0.3, 0.4) is 0 Å². The van der Waals surface area contributed by atoms with E-state index in [0.29, 0.717) is 10.0 Å². The molecule has 0 saturated heterocycles. The van der Waals surface area contributed by atoms with Crippen LogP contribution in [-0.2, 0) is 10.0 Å². The Kier molecular flexibility index (Phi) is 11.5. The molecule has 196 valence electrons. The number of sulfonamides is 1. The van der Waals surface area contributed by atoms with E-state index in [1.165, 1.54) is 11.3 Å². The van der Waals surface area contributed by atoms with E-state index in [0.717, 1.165) is 68.1 Å². The number of unbranched alkanes of at least 4 members (excludes halogenated alkanes) is 3. The third kappa shape index (κ3) is 7.20. The third-order valence-electron chi connectivity index (χ3n) is 6.56. The molecule has 0 spiro atoms. The predicted octanol–water partition coefficient (Wildman–Crippen LogP) is 8.89. The predicted molar refractivity (Wildman–Crippen MR) is 159 cm³/mol. The first-order valence-electron chi connectivity index (χ1n) is 13.0. The molecular formula is C27H39N3O2S3Sn. The summed E-state index contributed by atoms with van der Waals surface area (Å²) in [5, 5.41) is 4.59. The SMILES string of the molecule is CCC[CH2][Sn]([CH2]CCC)([CH2]CCC)[N](c1nccs1)S(=O)(=O)c1ccc(N=C(C)c2cccs2)cc1. The molecule has 0 aliphatic rings. The fourth-order valence-corrected chi connectivity index (χ4v) is 30.3. The molecule has 5 nitrogen and oxygen atoms in total. The number of thiophene rings is 1. The molecule has 0 aliphatic heterocycles. The zero-order valence-corrected chi connectivity index (χ0v) is 27.2. The summed E-state index contributed by atoms with van der Waals surface area (Å²) in [4.78, 5) is 10.7. The average molecular weight is 653 g/mol. The van der Waals surface area contributed by atoms with Crippen molar-refractivity contribution in [2.75, 3.05) is 2.53 Å². The first-order valence-corrected chi connectivity index (χ1v) is 23.5. The van der Waals surface area contributed by atoms with Gasteiger partial charge >= 0.3 is 231 Å². The summed E-state index contributed by atoms with van der Waals surface area (Å²) in [5.74, 6) is 0. The molecular weight excluding hydrogens is 613 g/mol. The van der Waals surface area contributed by atoms with E-state index in [9.17, 15) is 8.42 Å². The Balaban J connectivity index is 2.05. The van der Waals surface area contributed by atoms with Crippen molar-refractivity contribution in [2.45, 2.75) is 84.4 Å². The molecule has 1 aromatic carbocycles. The Morgan fingerprint density at radius 3 is 2.00 bits per heavy atom. The van der Waals surface area contributed by atoms with Crippen LogP contribution in [-0.4, -0.2) is 37.8 Å². The van der Waals surface area contributed by atoms with Crippen molar-refractivity contribution >= 4 is 67.9 Å². The summed E-state index contributed by atoms with van der Waals surface area (Å²) in [6.07, 6.45) is 8.23. The van der Waals surface area contributed by atoms with Crippen LogP contribution in [0, 0.1) is 0 Å². The normalized spacial score (nSPS) is 12.7. The van der Waals surface area contributed by atoms with E-state index in [1.807, 2.05) is 44.5 Å². The Morgan fingerprint density at radius 1 is 0.917 bits per heavy atom. The molecule has 0 saturated carbocycles. The van der Waals surface area contributed by atoms with Crippen molar-refractivity contribution in [3.8, 4) is 0 Å². The van der Waals surface area contributed by atoms with Crippen LogP contribution in [0.4, 0.5) is 10.8 Å². The van der Waals surface area contributed by atoms with Gasteiger partial charge in [-0.3, -0.25) is 0 Å². The van der Waals surface area contributed by atoms with Gasteiger partial charge in [-0.1, -0.05) is 0 Å². The Labute approximate surface area is 230 Å². The first-order chi connectivity index (χ1) is 17.4. The van der Waals surface area contributed by atoms with Gasteiger partial charge in [0.05, 0.1) is 0 Å². The second kappa shape index (κ2) is 14.1. The number of anilines is 1. The van der Waals surface area contributed by atoms with E-state index in [2.05, 4.69) is 25.8 Å². The zero-order chi connectivity index (χ0) is 26.0. The fraction of sp³-hybridized carbons (Fsp3) is 0.481. The van der Waals surface area contributed by atoms with Crippen molar-refractivity contribution in [2.24, 2.45) is 4.99 Å². The number of aliphatic imine (C=N–C) groups is 1. The first kappa shape index (κ1) is 29.3. The van der Waals surface area contributed by atoms with Crippen molar-refractivity contribution in [3.63, 3.8) is 0 Å². The number of hydrogen-bond donors (Lipinski definition) is 0. The number of hydrogen-bond acceptors (Lipinski definition) is 6. The maximum atomic E-state index is 14.4. The number of aromatic nitrogens is 1. The molecule has 3 rings (SSSR count). The van der Waals surface area contributed by atoms with Crippen LogP contribution in [0.2, 0.25) is 13.3 Å². The topological polar surface area (TPSA) is 62.6 Å². The van der Waals surface area contributed by atoms with Crippen molar-refractivity contribution < 1.29 is 8.42 Å². The molecule has 9 heteroatoms. The molecule has 0 amide bonds. The van der Waals surface area contributed by atoms with Gasteiger partial charge in [0.25, 0.3) is 0 Å². The number of benzene rings is 1. The molecule has 0 unspecified atom stereocenters. The van der Waals surface area contributed by atoms with Crippen molar-refractivity contribution in [1.29, 1.82) is 0 Å². The van der Waals surface area contributed by atoms with Crippen molar-refractivity contribution in [3.05, 3.63) is 58.2 Å². The summed E-state index contributed by atoms with van der Waals surface area (Å²) in [6, 6.07) is 11.2. The maximum absolute atomic E-state index is 14.4. The number of rotatable bonds is 15. The Morgan fingerprint density at radius 2 is 1.53 bits per heavy atom. The molecule has 2 heterocycles. The second-order valence-electron chi connectivity index (χ2n) is 9.29. The molecule has 0 bridgehead atoms. The zero-order valence-electron chi connectivity index (χ0n) is 21.9. The van der Waals surface area contributed by atoms with Crippen LogP contribution in [0.25, 0.3) is 0 Å². The van der Waals surface area contributed by atoms with Gasteiger partial charge in [-0.2, -0.15) is 0 Å². The summed E-state index contributed by atoms with van der Waals surface area (Å²) in [6.45, 7) is 8.60. The van der Waals surface area contributed by atoms with Gasteiger partial charge in [-0.05, 0) is 0 Å². The van der Waals surface area contributed by atoms with Gasteiger partial charge in [0.15, 0.2) is 0 Å². The van der Waals surface area contributed by atoms with E-state index in [4.69, 9.17) is 4.99 Å². The minimum atomic E-state index is -3.73. The van der Waals surface area contributed by atoms with Gasteiger partial charge in [0.2, 0.25) is 0 Å². The van der Waals surface area contributed by atoms with Gasteiger partial charge in [0, 0.05) is 0 Å². The molecule has 3 aromatic rings. The van der Waals surface area contributed by atoms with Crippen LogP contribution in [0.15, 0.2) is 63.2 Å². The van der Waals surface area contributed by atoms with Crippen LogP contribution in [0.1, 0.15) is 71.1 Å². The molecule has 0 N–H and O–H groups in total. The number of nitrogens with zero attached hydrogens (tertiary/aromatic N) is 3. The van der Waals surface area contributed by atoms with Gasteiger partial charge in [-0.25, -0.2) is 0 Å². The van der Waals surface area contributed by atoms with E-state index < -0.39 is 28.7 Å². The average Bonchev–Trinajstić information content (AvgIpc) is 3.60. The summed E-state index contributed by atoms with van der Waals surface area (Å²) < 4.78 is 33.8. The Hall–Kier alpha value is -1.23. The quantitative estimate of drug-likeness (QED) is 0.122. The monoisotopic (exact) mass is 653 g/mol. The fourth-order valence-electron chi connectivity index (χ4n) is 4.61. The third-order valence-corrected chi connectivity index (χ3v) is 29.1. The minimum absolute atomic E-state index is 0.344. The molecule has 36 heavy (non-hydrogen) atoms.